The first kappa shape index (κ1) is 26.7. The molecule has 0 fully saturated rings. The molecule has 4 aromatic carbocycles. The first-order valence-corrected chi connectivity index (χ1v) is 11.6. The maximum Gasteiger partial charge on any atom is 1.00 e. The van der Waals surface area contributed by atoms with Crippen LogP contribution >= 0.6 is 11.6 Å². The molecule has 35 heavy (non-hydrogen) atoms. The normalized spacial score (nSPS) is 11.9. The van der Waals surface area contributed by atoms with Gasteiger partial charge in [0.15, 0.2) is 0 Å². The van der Waals surface area contributed by atoms with Gasteiger partial charge in [-0.25, -0.2) is 8.42 Å². The minimum atomic E-state index is -4.77. The van der Waals surface area contributed by atoms with Crippen molar-refractivity contribution in [2.45, 2.75) is 11.8 Å². The fourth-order valence-corrected chi connectivity index (χ4v) is 4.14. The molecule has 0 aliphatic heterocycles. The van der Waals surface area contributed by atoms with Crippen LogP contribution in [0.1, 0.15) is 5.56 Å². The summed E-state index contributed by atoms with van der Waals surface area (Å²) in [6, 6.07) is 17.2. The first-order valence-electron chi connectivity index (χ1n) is 9.77. The number of phenols is 2. The van der Waals surface area contributed by atoms with Gasteiger partial charge in [-0.15, -0.1) is 10.2 Å². The van der Waals surface area contributed by atoms with Gasteiger partial charge in [0.1, 0.15) is 33.0 Å². The summed E-state index contributed by atoms with van der Waals surface area (Å²) in [5.41, 5.74) is 1.38. The van der Waals surface area contributed by atoms with E-state index in [0.717, 1.165) is 11.5 Å². The third-order valence-electron chi connectivity index (χ3n) is 4.89. The number of fused-ring (bicyclic) bond motifs is 1. The molecule has 0 aliphatic rings. The van der Waals surface area contributed by atoms with E-state index in [1.807, 2.05) is 18.2 Å². The zero-order valence-electron chi connectivity index (χ0n) is 18.5. The zero-order valence-corrected chi connectivity index (χ0v) is 22.1. The standard InChI is InChI=1S/C23H17ClN4O5S.Na/c1-13-10-19(27-28-23-16-5-3-2-4-14(16)6-9-20(23)29)21(30)12-18(13)26-25-15-7-8-17(24)22(11-15)34(31,32)33;/h2-12,29-30H,1H3,(H,31,32,33);/q;+1/p-1. The van der Waals surface area contributed by atoms with E-state index in [1.165, 1.54) is 30.3 Å². The fourth-order valence-electron chi connectivity index (χ4n) is 3.17. The maximum absolute atomic E-state index is 11.3. The maximum atomic E-state index is 11.3. The quantitative estimate of drug-likeness (QED) is 0.233. The van der Waals surface area contributed by atoms with Crippen LogP contribution in [0, 0.1) is 6.92 Å². The number of phenolic OH excluding ortho intramolecular Hbond substituents is 2. The topological polar surface area (TPSA) is 147 Å². The van der Waals surface area contributed by atoms with Gasteiger partial charge in [-0.1, -0.05) is 41.9 Å². The monoisotopic (exact) mass is 518 g/mol. The van der Waals surface area contributed by atoms with E-state index in [0.29, 0.717) is 10.9 Å². The summed E-state index contributed by atoms with van der Waals surface area (Å²) >= 11 is 5.76. The summed E-state index contributed by atoms with van der Waals surface area (Å²) in [5, 5.41) is 38.1. The van der Waals surface area contributed by atoms with Crippen molar-refractivity contribution >= 4 is 55.2 Å². The van der Waals surface area contributed by atoms with Crippen LogP contribution in [0.15, 0.2) is 92.1 Å². The number of hydrogen-bond acceptors (Lipinski definition) is 9. The number of hydrogen-bond donors (Lipinski definition) is 2. The molecule has 0 aromatic heterocycles. The molecule has 0 heterocycles. The minimum Gasteiger partial charge on any atom is -0.744 e. The molecule has 172 valence electrons. The second-order valence-electron chi connectivity index (χ2n) is 7.25. The van der Waals surface area contributed by atoms with Crippen molar-refractivity contribution in [3.63, 3.8) is 0 Å². The van der Waals surface area contributed by atoms with Crippen LogP contribution in [0.5, 0.6) is 11.5 Å². The van der Waals surface area contributed by atoms with Gasteiger partial charge in [0.2, 0.25) is 0 Å². The molecular weight excluding hydrogens is 503 g/mol. The number of aromatic hydroxyl groups is 2. The summed E-state index contributed by atoms with van der Waals surface area (Å²) in [6.07, 6.45) is 0. The molecule has 0 radical (unpaired) electrons. The summed E-state index contributed by atoms with van der Waals surface area (Å²) in [5.74, 6) is -0.284. The van der Waals surface area contributed by atoms with Crippen molar-refractivity contribution in [2.75, 3.05) is 0 Å². The van der Waals surface area contributed by atoms with E-state index >= 15 is 0 Å². The van der Waals surface area contributed by atoms with E-state index in [4.69, 9.17) is 11.6 Å². The first-order chi connectivity index (χ1) is 16.1. The Balaban J connectivity index is 0.00000342. The molecule has 2 N–H and O–H groups in total. The van der Waals surface area contributed by atoms with Gasteiger partial charge in [0, 0.05) is 11.5 Å². The van der Waals surface area contributed by atoms with Crippen molar-refractivity contribution in [1.82, 2.24) is 0 Å². The van der Waals surface area contributed by atoms with E-state index < -0.39 is 15.0 Å². The Kier molecular flexibility index (Phi) is 8.26. The number of azo groups is 2. The smallest absolute Gasteiger partial charge is 0.744 e. The molecule has 0 amide bonds. The Labute approximate surface area is 227 Å². The zero-order chi connectivity index (χ0) is 24.5. The Morgan fingerprint density at radius 1 is 0.829 bits per heavy atom. The molecule has 0 saturated carbocycles. The molecule has 0 spiro atoms. The fraction of sp³-hybridized carbons (Fsp3) is 0.0435. The van der Waals surface area contributed by atoms with E-state index in [9.17, 15) is 23.2 Å². The van der Waals surface area contributed by atoms with Gasteiger partial charge in [0.25, 0.3) is 0 Å². The number of halogens is 1. The van der Waals surface area contributed by atoms with Crippen molar-refractivity contribution in [3.05, 3.63) is 77.3 Å². The Morgan fingerprint density at radius 2 is 1.54 bits per heavy atom. The second-order valence-corrected chi connectivity index (χ2v) is 9.01. The number of aryl methyl sites for hydroxylation is 1. The predicted molar refractivity (Wildman–Crippen MR) is 126 cm³/mol. The molecule has 0 saturated heterocycles. The molecule has 12 heteroatoms. The largest absolute Gasteiger partial charge is 1.00 e. The SMILES string of the molecule is Cc1cc(N=Nc2c(O)ccc3ccccc23)c(O)cc1N=Nc1ccc(Cl)c(S(=O)(=O)[O-])c1.[Na+]. The van der Waals surface area contributed by atoms with Crippen molar-refractivity contribution in [3.8, 4) is 11.5 Å². The van der Waals surface area contributed by atoms with Crippen LogP contribution in [-0.2, 0) is 10.1 Å². The number of rotatable bonds is 5. The van der Waals surface area contributed by atoms with Crippen LogP contribution in [0.4, 0.5) is 22.7 Å². The van der Waals surface area contributed by atoms with E-state index in [-0.39, 0.29) is 68.8 Å². The third-order valence-corrected chi connectivity index (χ3v) is 6.21. The van der Waals surface area contributed by atoms with Crippen LogP contribution in [0.3, 0.4) is 0 Å². The number of benzene rings is 4. The van der Waals surface area contributed by atoms with Gasteiger partial charge < -0.3 is 14.8 Å². The summed E-state index contributed by atoms with van der Waals surface area (Å²) in [4.78, 5) is -0.599. The van der Waals surface area contributed by atoms with Gasteiger partial charge in [0.05, 0.1) is 21.3 Å². The molecule has 4 rings (SSSR count). The summed E-state index contributed by atoms with van der Waals surface area (Å²) in [6.45, 7) is 1.71. The summed E-state index contributed by atoms with van der Waals surface area (Å²) in [7, 11) is -4.77. The van der Waals surface area contributed by atoms with Crippen LogP contribution in [-0.4, -0.2) is 23.2 Å². The predicted octanol–water partition coefficient (Wildman–Crippen LogP) is 3.95. The summed E-state index contributed by atoms with van der Waals surface area (Å²) < 4.78 is 33.9. The molecule has 4 aromatic rings. The molecule has 9 nitrogen and oxygen atoms in total. The molecular formula is C23H16ClN4NaO5S. The second kappa shape index (κ2) is 10.8. The van der Waals surface area contributed by atoms with Gasteiger partial charge in [-0.3, -0.25) is 0 Å². The van der Waals surface area contributed by atoms with E-state index in [1.54, 1.807) is 19.1 Å². The van der Waals surface area contributed by atoms with E-state index in [2.05, 4.69) is 20.5 Å². The van der Waals surface area contributed by atoms with Crippen molar-refractivity contribution < 1.29 is 52.7 Å². The molecule has 0 aliphatic carbocycles. The van der Waals surface area contributed by atoms with Gasteiger partial charge >= 0.3 is 29.6 Å². The minimum absolute atomic E-state index is 0. The molecule has 0 unspecified atom stereocenters. The average Bonchev–Trinajstić information content (AvgIpc) is 2.79. The number of nitrogens with zero attached hydrogens (tertiary/aromatic N) is 4. The van der Waals surface area contributed by atoms with Crippen molar-refractivity contribution in [1.29, 1.82) is 0 Å². The van der Waals surface area contributed by atoms with Crippen LogP contribution < -0.4 is 29.6 Å². The molecule has 0 bridgehead atoms. The average molecular weight is 519 g/mol. The Bertz CT molecular complexity index is 1590. The van der Waals surface area contributed by atoms with Crippen molar-refractivity contribution in [2.24, 2.45) is 20.5 Å². The molecule has 0 atom stereocenters. The van der Waals surface area contributed by atoms with Gasteiger partial charge in [-0.2, -0.15) is 10.2 Å². The Hall–Kier alpha value is -2.86. The Morgan fingerprint density at radius 3 is 2.29 bits per heavy atom. The van der Waals surface area contributed by atoms with Crippen LogP contribution in [0.2, 0.25) is 5.02 Å². The third kappa shape index (κ3) is 6.04. The van der Waals surface area contributed by atoms with Gasteiger partial charge in [-0.05, 0) is 48.2 Å². The van der Waals surface area contributed by atoms with Crippen LogP contribution in [0.25, 0.3) is 10.8 Å².